The van der Waals surface area contributed by atoms with Gasteiger partial charge in [0, 0.05) is 11.4 Å². The van der Waals surface area contributed by atoms with E-state index in [0.717, 1.165) is 0 Å². The van der Waals surface area contributed by atoms with Crippen molar-refractivity contribution in [1.29, 1.82) is 0 Å². The quantitative estimate of drug-likeness (QED) is 0.877. The van der Waals surface area contributed by atoms with Crippen LogP contribution in [0.1, 0.15) is 6.92 Å². The van der Waals surface area contributed by atoms with Gasteiger partial charge in [0.05, 0.1) is 12.1 Å². The van der Waals surface area contributed by atoms with Gasteiger partial charge in [-0.3, -0.25) is 4.79 Å². The summed E-state index contributed by atoms with van der Waals surface area (Å²) >= 11 is 5.71. The largest absolute Gasteiger partial charge is 0.497 e. The fraction of sp³-hybridized carbons (Fsp3) is 0.188. The van der Waals surface area contributed by atoms with E-state index < -0.39 is 11.9 Å². The van der Waals surface area contributed by atoms with Crippen LogP contribution in [0.4, 0.5) is 15.8 Å². The third-order valence-corrected chi connectivity index (χ3v) is 3.34. The number of amides is 1. The fourth-order valence-electron chi connectivity index (χ4n) is 1.83. The minimum absolute atomic E-state index is 0.00719. The summed E-state index contributed by atoms with van der Waals surface area (Å²) < 4.78 is 18.1. The summed E-state index contributed by atoms with van der Waals surface area (Å²) in [7, 11) is 1.58. The van der Waals surface area contributed by atoms with Crippen molar-refractivity contribution in [3.05, 3.63) is 53.3 Å². The maximum atomic E-state index is 13.1. The topological polar surface area (TPSA) is 50.4 Å². The molecule has 0 heterocycles. The smallest absolute Gasteiger partial charge is 0.246 e. The Balaban J connectivity index is 1.97. The first-order chi connectivity index (χ1) is 10.5. The van der Waals surface area contributed by atoms with Gasteiger partial charge in [0.15, 0.2) is 0 Å². The molecule has 4 nitrogen and oxygen atoms in total. The zero-order valence-corrected chi connectivity index (χ0v) is 12.9. The van der Waals surface area contributed by atoms with Crippen LogP contribution in [0.2, 0.25) is 5.02 Å². The number of methoxy groups -OCH3 is 1. The Kier molecular flexibility index (Phi) is 5.22. The molecule has 1 atom stereocenters. The first-order valence-electron chi connectivity index (χ1n) is 6.66. The summed E-state index contributed by atoms with van der Waals surface area (Å²) in [5.41, 5.74) is 1.24. The number of benzene rings is 2. The highest BCUT2D eigenvalue weighted by Gasteiger charge is 2.13. The van der Waals surface area contributed by atoms with Crippen molar-refractivity contribution in [2.45, 2.75) is 13.0 Å². The zero-order valence-electron chi connectivity index (χ0n) is 12.2. The van der Waals surface area contributed by atoms with Crippen LogP contribution in [0, 0.1) is 5.82 Å². The van der Waals surface area contributed by atoms with Gasteiger partial charge in [-0.1, -0.05) is 11.6 Å². The van der Waals surface area contributed by atoms with Crippen LogP contribution in [0.3, 0.4) is 0 Å². The molecule has 0 fully saturated rings. The molecule has 6 heteroatoms. The Bertz CT molecular complexity index is 662. The lowest BCUT2D eigenvalue weighted by molar-refractivity contribution is -0.116. The number of hydrogen-bond donors (Lipinski definition) is 2. The summed E-state index contributed by atoms with van der Waals surface area (Å²) in [6, 6.07) is 10.7. The molecule has 2 aromatic carbocycles. The average Bonchev–Trinajstić information content (AvgIpc) is 2.51. The van der Waals surface area contributed by atoms with Crippen molar-refractivity contribution in [2.24, 2.45) is 0 Å². The number of carbonyl (C=O) groups is 1. The van der Waals surface area contributed by atoms with E-state index in [1.807, 2.05) is 0 Å². The fourth-order valence-corrected chi connectivity index (χ4v) is 2.01. The first kappa shape index (κ1) is 16.1. The predicted octanol–water partition coefficient (Wildman–Crippen LogP) is 3.93. The molecule has 0 spiro atoms. The summed E-state index contributed by atoms with van der Waals surface area (Å²) in [4.78, 5) is 12.1. The van der Waals surface area contributed by atoms with Crippen LogP contribution >= 0.6 is 11.6 Å². The second kappa shape index (κ2) is 7.13. The molecule has 0 aliphatic rings. The van der Waals surface area contributed by atoms with Gasteiger partial charge in [0.25, 0.3) is 0 Å². The highest BCUT2D eigenvalue weighted by atomic mass is 35.5. The van der Waals surface area contributed by atoms with E-state index in [-0.39, 0.29) is 10.9 Å². The Morgan fingerprint density at radius 2 is 1.82 bits per heavy atom. The number of nitrogens with one attached hydrogen (secondary N) is 2. The number of halogens is 2. The molecule has 0 aliphatic heterocycles. The van der Waals surface area contributed by atoms with Crippen LogP contribution < -0.4 is 15.4 Å². The minimum Gasteiger partial charge on any atom is -0.497 e. The second-order valence-corrected chi connectivity index (χ2v) is 5.12. The summed E-state index contributed by atoms with van der Waals surface area (Å²) in [6.45, 7) is 1.70. The molecule has 22 heavy (non-hydrogen) atoms. The Labute approximate surface area is 133 Å². The predicted molar refractivity (Wildman–Crippen MR) is 86.1 cm³/mol. The molecule has 0 aliphatic carbocycles. The lowest BCUT2D eigenvalue weighted by Gasteiger charge is -2.15. The Morgan fingerprint density at radius 1 is 1.18 bits per heavy atom. The van der Waals surface area contributed by atoms with E-state index in [1.54, 1.807) is 38.3 Å². The van der Waals surface area contributed by atoms with Crippen LogP contribution in [0.5, 0.6) is 5.75 Å². The molecule has 116 valence electrons. The van der Waals surface area contributed by atoms with Gasteiger partial charge >= 0.3 is 0 Å². The number of anilines is 2. The van der Waals surface area contributed by atoms with Crippen molar-refractivity contribution in [3.63, 3.8) is 0 Å². The average molecular weight is 323 g/mol. The van der Waals surface area contributed by atoms with Gasteiger partial charge in [-0.05, 0) is 49.4 Å². The van der Waals surface area contributed by atoms with E-state index >= 15 is 0 Å². The molecular weight excluding hydrogens is 307 g/mol. The second-order valence-electron chi connectivity index (χ2n) is 4.71. The Morgan fingerprint density at radius 3 is 2.41 bits per heavy atom. The maximum absolute atomic E-state index is 13.1. The minimum atomic E-state index is -0.511. The van der Waals surface area contributed by atoms with Crippen molar-refractivity contribution in [3.8, 4) is 5.75 Å². The molecular formula is C16H16ClFN2O2. The van der Waals surface area contributed by atoms with Gasteiger partial charge in [0.1, 0.15) is 17.6 Å². The highest BCUT2D eigenvalue weighted by Crippen LogP contribution is 2.20. The van der Waals surface area contributed by atoms with Gasteiger partial charge in [-0.2, -0.15) is 0 Å². The molecule has 0 aromatic heterocycles. The normalized spacial score (nSPS) is 11.6. The summed E-state index contributed by atoms with van der Waals surface area (Å²) in [6.07, 6.45) is 0. The van der Waals surface area contributed by atoms with E-state index in [9.17, 15) is 9.18 Å². The van der Waals surface area contributed by atoms with Crippen LogP contribution in [0.25, 0.3) is 0 Å². The molecule has 0 unspecified atom stereocenters. The van der Waals surface area contributed by atoms with E-state index in [1.165, 1.54) is 18.2 Å². The molecule has 0 saturated heterocycles. The van der Waals surface area contributed by atoms with E-state index in [0.29, 0.717) is 17.1 Å². The van der Waals surface area contributed by atoms with Gasteiger partial charge in [-0.25, -0.2) is 4.39 Å². The van der Waals surface area contributed by atoms with Crippen molar-refractivity contribution in [1.82, 2.24) is 0 Å². The lowest BCUT2D eigenvalue weighted by atomic mass is 10.2. The molecule has 2 rings (SSSR count). The molecule has 0 bridgehead atoms. The van der Waals surface area contributed by atoms with E-state index in [4.69, 9.17) is 16.3 Å². The number of ether oxygens (including phenoxy) is 1. The van der Waals surface area contributed by atoms with Crippen LogP contribution in [-0.4, -0.2) is 19.1 Å². The van der Waals surface area contributed by atoms with Crippen LogP contribution in [0.15, 0.2) is 42.5 Å². The van der Waals surface area contributed by atoms with Crippen LogP contribution in [-0.2, 0) is 4.79 Å². The SMILES string of the molecule is COc1ccc(NC(=O)[C@H](C)Nc2ccc(F)c(Cl)c2)cc1. The monoisotopic (exact) mass is 322 g/mol. The maximum Gasteiger partial charge on any atom is 0.246 e. The van der Waals surface area contributed by atoms with Gasteiger partial charge < -0.3 is 15.4 Å². The van der Waals surface area contributed by atoms with Crippen molar-refractivity contribution < 1.29 is 13.9 Å². The molecule has 2 aromatic rings. The standard InChI is InChI=1S/C16H16ClFN2O2/c1-10(19-12-5-8-15(18)14(17)9-12)16(21)20-11-3-6-13(22-2)7-4-11/h3-10,19H,1-2H3,(H,20,21)/t10-/m0/s1. The summed E-state index contributed by atoms with van der Waals surface area (Å²) in [5, 5.41) is 5.75. The number of carbonyl (C=O) groups excluding carboxylic acids is 1. The van der Waals surface area contributed by atoms with E-state index in [2.05, 4.69) is 10.6 Å². The van der Waals surface area contributed by atoms with Crippen molar-refractivity contribution >= 4 is 28.9 Å². The molecule has 2 N–H and O–H groups in total. The summed E-state index contributed by atoms with van der Waals surface area (Å²) in [5.74, 6) is -0.00158. The number of hydrogen-bond acceptors (Lipinski definition) is 3. The van der Waals surface area contributed by atoms with Gasteiger partial charge in [-0.15, -0.1) is 0 Å². The third-order valence-electron chi connectivity index (χ3n) is 3.05. The van der Waals surface area contributed by atoms with Crippen molar-refractivity contribution in [2.75, 3.05) is 17.7 Å². The number of rotatable bonds is 5. The molecule has 0 radical (unpaired) electrons. The Hall–Kier alpha value is -2.27. The molecule has 0 saturated carbocycles. The van der Waals surface area contributed by atoms with Gasteiger partial charge in [0.2, 0.25) is 5.91 Å². The third kappa shape index (κ3) is 4.11. The lowest BCUT2D eigenvalue weighted by Crippen LogP contribution is -2.31. The highest BCUT2D eigenvalue weighted by molar-refractivity contribution is 6.31. The zero-order chi connectivity index (χ0) is 16.1. The molecule has 1 amide bonds. The first-order valence-corrected chi connectivity index (χ1v) is 7.04.